The van der Waals surface area contributed by atoms with Crippen LogP contribution in [0, 0.1) is 0 Å². The first-order valence-electron chi connectivity index (χ1n) is 4.29. The zero-order valence-corrected chi connectivity index (χ0v) is 7.53. The van der Waals surface area contributed by atoms with Crippen molar-refractivity contribution in [1.82, 2.24) is 0 Å². The number of oxime groups is 1. The molecule has 0 amide bonds. The van der Waals surface area contributed by atoms with Gasteiger partial charge in [-0.15, -0.1) is 0 Å². The summed E-state index contributed by atoms with van der Waals surface area (Å²) in [7, 11) is 0. The molecule has 0 saturated heterocycles. The summed E-state index contributed by atoms with van der Waals surface area (Å²) in [6, 6.07) is 10.2. The molecule has 0 unspecified atom stereocenters. The van der Waals surface area contributed by atoms with E-state index in [1.54, 1.807) is 0 Å². The molecule has 2 heteroatoms. The van der Waals surface area contributed by atoms with Crippen LogP contribution in [0.25, 0.3) is 5.57 Å². The second-order valence-electron chi connectivity index (χ2n) is 3.04. The quantitative estimate of drug-likeness (QED) is 0.639. The zero-order valence-electron chi connectivity index (χ0n) is 7.53. The van der Waals surface area contributed by atoms with E-state index < -0.39 is 0 Å². The Labute approximate surface area is 77.5 Å². The number of hydrogen-bond acceptors (Lipinski definition) is 2. The van der Waals surface area contributed by atoms with Crippen molar-refractivity contribution < 1.29 is 4.84 Å². The highest BCUT2D eigenvalue weighted by Gasteiger charge is 2.06. The molecular formula is C11H11NO. The van der Waals surface area contributed by atoms with Crippen LogP contribution < -0.4 is 0 Å². The molecule has 66 valence electrons. The first kappa shape index (κ1) is 8.05. The summed E-state index contributed by atoms with van der Waals surface area (Å²) in [5.74, 6) is 0. The third-order valence-electron chi connectivity index (χ3n) is 1.96. The van der Waals surface area contributed by atoms with E-state index in [-0.39, 0.29) is 0 Å². The molecule has 0 radical (unpaired) electrons. The molecule has 13 heavy (non-hydrogen) atoms. The second kappa shape index (κ2) is 3.44. The predicted octanol–water partition coefficient (Wildman–Crippen LogP) is 2.48. The fourth-order valence-electron chi connectivity index (χ4n) is 1.34. The van der Waals surface area contributed by atoms with Crippen molar-refractivity contribution in [1.29, 1.82) is 0 Å². The van der Waals surface area contributed by atoms with Crippen LogP contribution in [0.1, 0.15) is 12.5 Å². The molecule has 1 aliphatic heterocycles. The lowest BCUT2D eigenvalue weighted by molar-refractivity contribution is 0.177. The molecule has 1 aromatic rings. The van der Waals surface area contributed by atoms with E-state index in [0.29, 0.717) is 6.61 Å². The number of nitrogens with zero attached hydrogens (tertiary/aromatic N) is 1. The molecule has 0 atom stereocenters. The van der Waals surface area contributed by atoms with Crippen LogP contribution in [0.2, 0.25) is 0 Å². The van der Waals surface area contributed by atoms with Crippen molar-refractivity contribution >= 4 is 11.3 Å². The van der Waals surface area contributed by atoms with E-state index >= 15 is 0 Å². The molecule has 0 saturated carbocycles. The molecule has 0 aromatic heterocycles. The first-order chi connectivity index (χ1) is 6.36. The average Bonchev–Trinajstić information content (AvgIpc) is 2.19. The maximum atomic E-state index is 5.07. The Morgan fingerprint density at radius 3 is 2.69 bits per heavy atom. The van der Waals surface area contributed by atoms with Gasteiger partial charge in [0.25, 0.3) is 0 Å². The summed E-state index contributed by atoms with van der Waals surface area (Å²) in [5.41, 5.74) is 3.31. The lowest BCUT2D eigenvalue weighted by Gasteiger charge is -2.11. The summed E-state index contributed by atoms with van der Waals surface area (Å²) in [6.07, 6.45) is 2.05. The summed E-state index contributed by atoms with van der Waals surface area (Å²) in [4.78, 5) is 5.07. The van der Waals surface area contributed by atoms with Crippen LogP contribution >= 0.6 is 0 Å². The van der Waals surface area contributed by atoms with E-state index in [1.165, 1.54) is 11.1 Å². The van der Waals surface area contributed by atoms with Gasteiger partial charge in [0, 0.05) is 5.57 Å². The van der Waals surface area contributed by atoms with Gasteiger partial charge in [0.1, 0.15) is 6.61 Å². The molecule has 0 fully saturated rings. The molecule has 2 nitrogen and oxygen atoms in total. The van der Waals surface area contributed by atoms with Gasteiger partial charge in [0.2, 0.25) is 0 Å². The highest BCUT2D eigenvalue weighted by molar-refractivity contribution is 5.99. The molecule has 1 aliphatic rings. The highest BCUT2D eigenvalue weighted by atomic mass is 16.6. The van der Waals surface area contributed by atoms with Crippen LogP contribution in [-0.4, -0.2) is 12.3 Å². The minimum atomic E-state index is 0.571. The van der Waals surface area contributed by atoms with Crippen molar-refractivity contribution in [2.75, 3.05) is 6.61 Å². The van der Waals surface area contributed by atoms with Gasteiger partial charge in [-0.1, -0.05) is 35.5 Å². The Balaban J connectivity index is 2.32. The van der Waals surface area contributed by atoms with Crippen LogP contribution in [0.4, 0.5) is 0 Å². The van der Waals surface area contributed by atoms with Crippen molar-refractivity contribution in [3.05, 3.63) is 42.0 Å². The fourth-order valence-corrected chi connectivity index (χ4v) is 1.34. The number of rotatable bonds is 1. The van der Waals surface area contributed by atoms with Crippen LogP contribution in [0.15, 0.2) is 41.6 Å². The maximum Gasteiger partial charge on any atom is 0.142 e. The van der Waals surface area contributed by atoms with Crippen LogP contribution in [-0.2, 0) is 4.84 Å². The standard InChI is InChI=1S/C11H11NO/c1-9-7-11(8-13-12-9)10-5-3-2-4-6-10/h2-7H,8H2,1H3. The van der Waals surface area contributed by atoms with E-state index in [9.17, 15) is 0 Å². The van der Waals surface area contributed by atoms with Gasteiger partial charge in [0.05, 0.1) is 5.71 Å². The van der Waals surface area contributed by atoms with Gasteiger partial charge in [-0.05, 0) is 18.6 Å². The Morgan fingerprint density at radius 2 is 2.00 bits per heavy atom. The number of allylic oxidation sites excluding steroid dienone is 1. The Hall–Kier alpha value is -1.57. The van der Waals surface area contributed by atoms with Gasteiger partial charge in [-0.3, -0.25) is 0 Å². The summed E-state index contributed by atoms with van der Waals surface area (Å²) in [6.45, 7) is 2.50. The topological polar surface area (TPSA) is 21.6 Å². The van der Waals surface area contributed by atoms with Gasteiger partial charge < -0.3 is 4.84 Å². The van der Waals surface area contributed by atoms with Gasteiger partial charge in [-0.25, -0.2) is 0 Å². The first-order valence-corrected chi connectivity index (χ1v) is 4.29. The third kappa shape index (κ3) is 1.78. The van der Waals surface area contributed by atoms with Crippen molar-refractivity contribution in [2.24, 2.45) is 5.16 Å². The molecule has 0 N–H and O–H groups in total. The van der Waals surface area contributed by atoms with Crippen LogP contribution in [0.3, 0.4) is 0 Å². The highest BCUT2D eigenvalue weighted by Crippen LogP contribution is 2.17. The summed E-state index contributed by atoms with van der Waals surface area (Å²) < 4.78 is 0. The van der Waals surface area contributed by atoms with E-state index in [2.05, 4.69) is 23.4 Å². The molecule has 0 aliphatic carbocycles. The third-order valence-corrected chi connectivity index (χ3v) is 1.96. The van der Waals surface area contributed by atoms with Gasteiger partial charge >= 0.3 is 0 Å². The lowest BCUT2D eigenvalue weighted by Crippen LogP contribution is -2.03. The Bertz CT molecular complexity index is 352. The molecule has 1 heterocycles. The number of hydrogen-bond donors (Lipinski definition) is 0. The largest absolute Gasteiger partial charge is 0.391 e. The molecule has 1 aromatic carbocycles. The zero-order chi connectivity index (χ0) is 9.10. The average molecular weight is 173 g/mol. The molecular weight excluding hydrogens is 162 g/mol. The molecule has 0 bridgehead atoms. The van der Waals surface area contributed by atoms with Crippen molar-refractivity contribution in [3.8, 4) is 0 Å². The normalized spacial score (nSPS) is 15.8. The molecule has 0 spiro atoms. The van der Waals surface area contributed by atoms with E-state index in [4.69, 9.17) is 4.84 Å². The Morgan fingerprint density at radius 1 is 1.23 bits per heavy atom. The minimum Gasteiger partial charge on any atom is -0.391 e. The predicted molar refractivity (Wildman–Crippen MR) is 53.5 cm³/mol. The van der Waals surface area contributed by atoms with Crippen molar-refractivity contribution in [2.45, 2.75) is 6.92 Å². The van der Waals surface area contributed by atoms with E-state index in [0.717, 1.165) is 5.71 Å². The fraction of sp³-hybridized carbons (Fsp3) is 0.182. The smallest absolute Gasteiger partial charge is 0.142 e. The van der Waals surface area contributed by atoms with Crippen molar-refractivity contribution in [3.63, 3.8) is 0 Å². The molecule has 2 rings (SSSR count). The maximum absolute atomic E-state index is 5.07. The van der Waals surface area contributed by atoms with Crippen LogP contribution in [0.5, 0.6) is 0 Å². The minimum absolute atomic E-state index is 0.571. The Kier molecular flexibility index (Phi) is 2.13. The second-order valence-corrected chi connectivity index (χ2v) is 3.04. The lowest BCUT2D eigenvalue weighted by atomic mass is 10.1. The summed E-state index contributed by atoms with van der Waals surface area (Å²) >= 11 is 0. The SMILES string of the molecule is CC1=NOCC(c2ccccc2)=C1. The van der Waals surface area contributed by atoms with Gasteiger partial charge in [-0.2, -0.15) is 0 Å². The summed E-state index contributed by atoms with van der Waals surface area (Å²) in [5, 5.41) is 3.85. The van der Waals surface area contributed by atoms with E-state index in [1.807, 2.05) is 25.1 Å². The monoisotopic (exact) mass is 173 g/mol. The number of benzene rings is 1. The van der Waals surface area contributed by atoms with Gasteiger partial charge in [0.15, 0.2) is 0 Å².